The van der Waals surface area contributed by atoms with Crippen molar-refractivity contribution in [2.75, 3.05) is 0 Å². The van der Waals surface area contributed by atoms with Crippen LogP contribution in [0.25, 0.3) is 0 Å². The maximum Gasteiger partial charge on any atom is 0.0930 e. The summed E-state index contributed by atoms with van der Waals surface area (Å²) in [5.74, 6) is 0.489. The number of hydrogen-bond donors (Lipinski definition) is 1. The van der Waals surface area contributed by atoms with Crippen molar-refractivity contribution in [1.82, 2.24) is 0 Å². The Balaban J connectivity index is 1.94. The van der Waals surface area contributed by atoms with Crippen LogP contribution in [-0.4, -0.2) is 5.11 Å². The van der Waals surface area contributed by atoms with E-state index in [2.05, 4.69) is 25.1 Å². The summed E-state index contributed by atoms with van der Waals surface area (Å²) in [5.41, 5.74) is 3.38. The van der Waals surface area contributed by atoms with Gasteiger partial charge in [0.05, 0.1) is 5.60 Å². The summed E-state index contributed by atoms with van der Waals surface area (Å²) in [7, 11) is 0. The molecule has 98 valence electrons. The van der Waals surface area contributed by atoms with Crippen LogP contribution in [-0.2, 0) is 12.0 Å². The first-order valence-corrected chi connectivity index (χ1v) is 7.52. The lowest BCUT2D eigenvalue weighted by atomic mass is 9.78. The van der Waals surface area contributed by atoms with E-state index in [1.807, 2.05) is 0 Å². The Morgan fingerprint density at radius 3 is 2.56 bits per heavy atom. The number of aryl methyl sites for hydroxylation is 2. The lowest BCUT2D eigenvalue weighted by molar-refractivity contribution is -0.0287. The highest BCUT2D eigenvalue weighted by Gasteiger charge is 2.43. The molecule has 18 heavy (non-hydrogen) atoms. The summed E-state index contributed by atoms with van der Waals surface area (Å²) in [4.78, 5) is 0. The third-order valence-corrected chi connectivity index (χ3v) is 5.04. The Bertz CT molecular complexity index is 429. The lowest BCUT2D eigenvalue weighted by Crippen LogP contribution is -2.32. The first kappa shape index (κ1) is 12.2. The van der Waals surface area contributed by atoms with Gasteiger partial charge in [-0.15, -0.1) is 0 Å². The normalized spacial score (nSPS) is 29.0. The Hall–Kier alpha value is -0.820. The highest BCUT2D eigenvalue weighted by Crippen LogP contribution is 2.47. The van der Waals surface area contributed by atoms with Gasteiger partial charge in [-0.3, -0.25) is 0 Å². The Labute approximate surface area is 110 Å². The van der Waals surface area contributed by atoms with Crippen molar-refractivity contribution in [3.63, 3.8) is 0 Å². The second kappa shape index (κ2) is 4.70. The van der Waals surface area contributed by atoms with Gasteiger partial charge in [-0.05, 0) is 49.7 Å². The molecule has 1 saturated carbocycles. The van der Waals surface area contributed by atoms with Gasteiger partial charge in [-0.25, -0.2) is 0 Å². The van der Waals surface area contributed by atoms with E-state index in [0.717, 1.165) is 12.8 Å². The molecule has 0 amide bonds. The van der Waals surface area contributed by atoms with Gasteiger partial charge in [0.25, 0.3) is 0 Å². The molecule has 1 fully saturated rings. The maximum absolute atomic E-state index is 11.2. The SMILES string of the molecule is Cc1ccc2c(c1)C(O)(C1CCCCCC1)CC2. The van der Waals surface area contributed by atoms with Crippen molar-refractivity contribution in [3.8, 4) is 0 Å². The molecular weight excluding hydrogens is 220 g/mol. The smallest absolute Gasteiger partial charge is 0.0930 e. The highest BCUT2D eigenvalue weighted by molar-refractivity contribution is 5.40. The highest BCUT2D eigenvalue weighted by atomic mass is 16.3. The number of rotatable bonds is 1. The quantitative estimate of drug-likeness (QED) is 0.737. The van der Waals surface area contributed by atoms with Crippen LogP contribution in [0.3, 0.4) is 0 Å². The Morgan fingerprint density at radius 1 is 1.11 bits per heavy atom. The molecule has 0 bridgehead atoms. The third-order valence-electron chi connectivity index (χ3n) is 5.04. The van der Waals surface area contributed by atoms with E-state index in [-0.39, 0.29) is 0 Å². The first-order valence-electron chi connectivity index (χ1n) is 7.52. The van der Waals surface area contributed by atoms with Gasteiger partial charge in [0.15, 0.2) is 0 Å². The van der Waals surface area contributed by atoms with E-state index in [9.17, 15) is 5.11 Å². The van der Waals surface area contributed by atoms with Crippen molar-refractivity contribution in [2.24, 2.45) is 5.92 Å². The van der Waals surface area contributed by atoms with E-state index in [4.69, 9.17) is 0 Å². The van der Waals surface area contributed by atoms with Gasteiger partial charge < -0.3 is 5.11 Å². The molecule has 2 aliphatic carbocycles. The maximum atomic E-state index is 11.2. The van der Waals surface area contributed by atoms with Crippen LogP contribution in [0.1, 0.15) is 61.6 Å². The molecular formula is C17H24O. The average Bonchev–Trinajstić information content (AvgIpc) is 2.59. The van der Waals surface area contributed by atoms with Crippen LogP contribution in [0.4, 0.5) is 0 Å². The summed E-state index contributed by atoms with van der Waals surface area (Å²) in [5, 5.41) is 11.2. The van der Waals surface area contributed by atoms with Crippen LogP contribution >= 0.6 is 0 Å². The third kappa shape index (κ3) is 1.99. The van der Waals surface area contributed by atoms with Crippen molar-refractivity contribution < 1.29 is 5.11 Å². The average molecular weight is 244 g/mol. The molecule has 1 aromatic carbocycles. The second-order valence-electron chi connectivity index (χ2n) is 6.27. The molecule has 0 aliphatic heterocycles. The first-order chi connectivity index (χ1) is 8.70. The topological polar surface area (TPSA) is 20.2 Å². The van der Waals surface area contributed by atoms with Crippen molar-refractivity contribution >= 4 is 0 Å². The summed E-state index contributed by atoms with van der Waals surface area (Å²) >= 11 is 0. The zero-order chi connectivity index (χ0) is 12.6. The monoisotopic (exact) mass is 244 g/mol. The van der Waals surface area contributed by atoms with Crippen molar-refractivity contribution in [2.45, 2.75) is 63.9 Å². The van der Waals surface area contributed by atoms with E-state index >= 15 is 0 Å². The van der Waals surface area contributed by atoms with Crippen molar-refractivity contribution in [1.29, 1.82) is 0 Å². The molecule has 1 atom stereocenters. The van der Waals surface area contributed by atoms with Crippen LogP contribution in [0.2, 0.25) is 0 Å². The Kier molecular flexibility index (Phi) is 3.19. The zero-order valence-electron chi connectivity index (χ0n) is 11.4. The molecule has 1 N–H and O–H groups in total. The fraction of sp³-hybridized carbons (Fsp3) is 0.647. The fourth-order valence-corrected chi connectivity index (χ4v) is 3.95. The Morgan fingerprint density at radius 2 is 1.83 bits per heavy atom. The summed E-state index contributed by atoms with van der Waals surface area (Å²) < 4.78 is 0. The van der Waals surface area contributed by atoms with Crippen LogP contribution in [0.15, 0.2) is 18.2 Å². The molecule has 0 spiro atoms. The van der Waals surface area contributed by atoms with Crippen LogP contribution < -0.4 is 0 Å². The van der Waals surface area contributed by atoms with Crippen LogP contribution in [0.5, 0.6) is 0 Å². The van der Waals surface area contributed by atoms with Gasteiger partial charge >= 0.3 is 0 Å². The van der Waals surface area contributed by atoms with Gasteiger partial charge in [-0.1, -0.05) is 49.4 Å². The minimum absolute atomic E-state index is 0.489. The summed E-state index contributed by atoms with van der Waals surface area (Å²) in [6.07, 6.45) is 9.73. The molecule has 1 aromatic rings. The minimum atomic E-state index is -0.522. The van der Waals surface area contributed by atoms with Gasteiger partial charge in [0.2, 0.25) is 0 Å². The molecule has 0 radical (unpaired) electrons. The number of hydrogen-bond acceptors (Lipinski definition) is 1. The number of aliphatic hydroxyl groups is 1. The zero-order valence-corrected chi connectivity index (χ0v) is 11.4. The molecule has 0 saturated heterocycles. The standard InChI is InChI=1S/C17H24O/c1-13-8-9-14-10-11-17(18,16(14)12-13)15-6-4-2-3-5-7-15/h8-9,12,15,18H,2-7,10-11H2,1H3. The molecule has 3 rings (SSSR count). The molecule has 0 heterocycles. The van der Waals surface area contributed by atoms with E-state index < -0.39 is 5.60 Å². The van der Waals surface area contributed by atoms with Crippen molar-refractivity contribution in [3.05, 3.63) is 34.9 Å². The van der Waals surface area contributed by atoms with Gasteiger partial charge in [0, 0.05) is 0 Å². The molecule has 1 heteroatoms. The largest absolute Gasteiger partial charge is 0.385 e. The molecule has 0 aromatic heterocycles. The summed E-state index contributed by atoms with van der Waals surface area (Å²) in [6.45, 7) is 2.13. The lowest BCUT2D eigenvalue weighted by Gasteiger charge is -2.33. The van der Waals surface area contributed by atoms with E-state index in [1.54, 1.807) is 0 Å². The van der Waals surface area contributed by atoms with E-state index in [0.29, 0.717) is 5.92 Å². The van der Waals surface area contributed by atoms with Gasteiger partial charge in [0.1, 0.15) is 0 Å². The molecule has 2 aliphatic rings. The molecule has 1 unspecified atom stereocenters. The predicted molar refractivity (Wildman–Crippen MR) is 74.6 cm³/mol. The number of fused-ring (bicyclic) bond motifs is 1. The summed E-state index contributed by atoms with van der Waals surface area (Å²) in [6, 6.07) is 6.63. The second-order valence-corrected chi connectivity index (χ2v) is 6.27. The fourth-order valence-electron chi connectivity index (χ4n) is 3.95. The van der Waals surface area contributed by atoms with Gasteiger partial charge in [-0.2, -0.15) is 0 Å². The molecule has 1 nitrogen and oxygen atoms in total. The number of benzene rings is 1. The predicted octanol–water partition coefficient (Wildman–Crippen LogP) is 4.10. The van der Waals surface area contributed by atoms with Crippen LogP contribution in [0, 0.1) is 12.8 Å². The van der Waals surface area contributed by atoms with E-state index in [1.165, 1.54) is 55.2 Å². The minimum Gasteiger partial charge on any atom is -0.385 e.